The van der Waals surface area contributed by atoms with Gasteiger partial charge in [-0.05, 0) is 68.7 Å². The van der Waals surface area contributed by atoms with Gasteiger partial charge >= 0.3 is 11.8 Å². The molecule has 3 N–H and O–H groups in total. The van der Waals surface area contributed by atoms with Gasteiger partial charge in [-0.3, -0.25) is 9.59 Å². The maximum absolute atomic E-state index is 12.2. The third kappa shape index (κ3) is 5.25. The van der Waals surface area contributed by atoms with E-state index >= 15 is 0 Å². The normalized spacial score (nSPS) is 23.8. The SMILES string of the molecule is Cc1ccc(CNC(=O)C(=O)NCC2[C@H]3CNC[C@@H]23)c(OC(C)CC(C)C)c1. The maximum Gasteiger partial charge on any atom is 0.309 e. The van der Waals surface area contributed by atoms with Gasteiger partial charge in [0.05, 0.1) is 6.10 Å². The first-order valence-corrected chi connectivity index (χ1v) is 10.4. The van der Waals surface area contributed by atoms with Crippen molar-refractivity contribution in [3.05, 3.63) is 29.3 Å². The first-order valence-electron chi connectivity index (χ1n) is 10.4. The molecule has 0 aromatic heterocycles. The van der Waals surface area contributed by atoms with E-state index in [-0.39, 0.29) is 12.6 Å². The summed E-state index contributed by atoms with van der Waals surface area (Å²) in [4.78, 5) is 24.2. The van der Waals surface area contributed by atoms with Crippen LogP contribution >= 0.6 is 0 Å². The molecule has 0 radical (unpaired) electrons. The van der Waals surface area contributed by atoms with Gasteiger partial charge in [0.2, 0.25) is 0 Å². The van der Waals surface area contributed by atoms with Crippen LogP contribution in [0, 0.1) is 30.6 Å². The lowest BCUT2D eigenvalue weighted by molar-refractivity contribution is -0.139. The molecule has 1 aromatic carbocycles. The third-order valence-corrected chi connectivity index (χ3v) is 5.77. The summed E-state index contributed by atoms with van der Waals surface area (Å²) >= 11 is 0. The number of carbonyl (C=O) groups is 2. The van der Waals surface area contributed by atoms with Crippen molar-refractivity contribution in [1.29, 1.82) is 0 Å². The molecule has 4 atom stereocenters. The van der Waals surface area contributed by atoms with Crippen LogP contribution in [-0.2, 0) is 16.1 Å². The maximum atomic E-state index is 12.2. The first-order chi connectivity index (χ1) is 13.3. The Morgan fingerprint density at radius 1 is 1.14 bits per heavy atom. The second kappa shape index (κ2) is 8.95. The fraction of sp³-hybridized carbons (Fsp3) is 0.636. The summed E-state index contributed by atoms with van der Waals surface area (Å²) in [6.45, 7) is 11.3. The Morgan fingerprint density at radius 3 is 2.50 bits per heavy atom. The molecule has 1 aliphatic heterocycles. The van der Waals surface area contributed by atoms with Gasteiger partial charge in [0.1, 0.15) is 5.75 Å². The minimum Gasteiger partial charge on any atom is -0.490 e. The molecule has 2 amide bonds. The van der Waals surface area contributed by atoms with Gasteiger partial charge in [-0.2, -0.15) is 0 Å². The number of fused-ring (bicyclic) bond motifs is 1. The van der Waals surface area contributed by atoms with Crippen molar-refractivity contribution in [2.75, 3.05) is 19.6 Å². The van der Waals surface area contributed by atoms with Crippen molar-refractivity contribution in [1.82, 2.24) is 16.0 Å². The molecule has 2 unspecified atom stereocenters. The fourth-order valence-corrected chi connectivity index (χ4v) is 4.24. The molecule has 28 heavy (non-hydrogen) atoms. The predicted molar refractivity (Wildman–Crippen MR) is 109 cm³/mol. The summed E-state index contributed by atoms with van der Waals surface area (Å²) in [7, 11) is 0. The third-order valence-electron chi connectivity index (χ3n) is 5.77. The fourth-order valence-electron chi connectivity index (χ4n) is 4.24. The Balaban J connectivity index is 1.48. The van der Waals surface area contributed by atoms with Crippen LogP contribution in [0.5, 0.6) is 5.75 Å². The van der Waals surface area contributed by atoms with E-state index in [4.69, 9.17) is 4.74 Å². The van der Waals surface area contributed by atoms with Gasteiger partial charge in [0.15, 0.2) is 0 Å². The second-order valence-corrected chi connectivity index (χ2v) is 8.71. The van der Waals surface area contributed by atoms with E-state index in [0.717, 1.165) is 36.4 Å². The van der Waals surface area contributed by atoms with Gasteiger partial charge in [-0.25, -0.2) is 0 Å². The predicted octanol–water partition coefficient (Wildman–Crippen LogP) is 2.01. The number of benzene rings is 1. The Hall–Kier alpha value is -2.08. The number of piperidine rings is 1. The van der Waals surface area contributed by atoms with Gasteiger partial charge in [0, 0.05) is 18.7 Å². The molecule has 3 rings (SSSR count). The largest absolute Gasteiger partial charge is 0.490 e. The topological polar surface area (TPSA) is 79.5 Å². The Labute approximate surface area is 167 Å². The molecular formula is C22H33N3O3. The standard InChI is InChI=1S/C22H33N3O3/c1-13(2)7-15(4)28-20-8-14(3)5-6-16(20)9-24-21(26)22(27)25-12-19-17-10-23-11-18(17)19/h5-6,8,13,15,17-19,23H,7,9-12H2,1-4H3,(H,24,26)(H,25,27)/t15?,17-,18+,19?. The van der Waals surface area contributed by atoms with Crippen LogP contribution in [-0.4, -0.2) is 37.6 Å². The van der Waals surface area contributed by atoms with E-state index in [2.05, 4.69) is 36.7 Å². The average molecular weight is 388 g/mol. The highest BCUT2D eigenvalue weighted by atomic mass is 16.5. The molecule has 2 aliphatic rings. The van der Waals surface area contributed by atoms with Crippen LogP contribution in [0.1, 0.15) is 38.3 Å². The minimum atomic E-state index is -0.592. The zero-order chi connectivity index (χ0) is 20.3. The van der Waals surface area contributed by atoms with Crippen molar-refractivity contribution >= 4 is 11.8 Å². The Bertz CT molecular complexity index is 709. The van der Waals surface area contributed by atoms with E-state index in [1.165, 1.54) is 0 Å². The van der Waals surface area contributed by atoms with E-state index < -0.39 is 11.8 Å². The highest BCUT2D eigenvalue weighted by molar-refractivity contribution is 6.35. The van der Waals surface area contributed by atoms with Crippen LogP contribution in [0.4, 0.5) is 0 Å². The van der Waals surface area contributed by atoms with Gasteiger partial charge in [0.25, 0.3) is 0 Å². The van der Waals surface area contributed by atoms with E-state index in [1.807, 2.05) is 25.1 Å². The number of aryl methyl sites for hydroxylation is 1. The molecule has 1 heterocycles. The van der Waals surface area contributed by atoms with Gasteiger partial charge in [-0.1, -0.05) is 26.0 Å². The molecule has 2 fully saturated rings. The molecule has 154 valence electrons. The molecule has 1 aromatic rings. The molecule has 6 heteroatoms. The molecule has 0 bridgehead atoms. The molecule has 1 saturated heterocycles. The quantitative estimate of drug-likeness (QED) is 0.596. The number of hydrogen-bond donors (Lipinski definition) is 3. The van der Waals surface area contributed by atoms with Crippen molar-refractivity contribution in [3.8, 4) is 5.75 Å². The second-order valence-electron chi connectivity index (χ2n) is 8.71. The molecule has 1 saturated carbocycles. The number of hydrogen-bond acceptors (Lipinski definition) is 4. The Morgan fingerprint density at radius 2 is 1.82 bits per heavy atom. The first kappa shape index (κ1) is 20.6. The highest BCUT2D eigenvalue weighted by Gasteiger charge is 2.52. The monoisotopic (exact) mass is 387 g/mol. The summed E-state index contributed by atoms with van der Waals surface area (Å²) in [6, 6.07) is 5.92. The lowest BCUT2D eigenvalue weighted by Crippen LogP contribution is -2.41. The zero-order valence-electron chi connectivity index (χ0n) is 17.4. The van der Waals surface area contributed by atoms with E-state index in [1.54, 1.807) is 0 Å². The van der Waals surface area contributed by atoms with Crippen LogP contribution < -0.4 is 20.7 Å². The summed E-state index contributed by atoms with van der Waals surface area (Å²) in [6.07, 6.45) is 1.05. The zero-order valence-corrected chi connectivity index (χ0v) is 17.4. The van der Waals surface area contributed by atoms with Gasteiger partial charge < -0.3 is 20.7 Å². The summed E-state index contributed by atoms with van der Waals surface area (Å²) in [5.74, 6) is 2.04. The molecular weight excluding hydrogens is 354 g/mol. The highest BCUT2D eigenvalue weighted by Crippen LogP contribution is 2.47. The van der Waals surface area contributed by atoms with Crippen LogP contribution in [0.2, 0.25) is 0 Å². The number of amides is 2. The number of ether oxygens (including phenoxy) is 1. The number of rotatable bonds is 8. The Kier molecular flexibility index (Phi) is 6.60. The lowest BCUT2D eigenvalue weighted by Gasteiger charge is -2.19. The summed E-state index contributed by atoms with van der Waals surface area (Å²) in [5.41, 5.74) is 1.98. The van der Waals surface area contributed by atoms with Crippen LogP contribution in [0.15, 0.2) is 18.2 Å². The molecule has 1 aliphatic carbocycles. The average Bonchev–Trinajstić information content (AvgIpc) is 3.05. The van der Waals surface area contributed by atoms with E-state index in [9.17, 15) is 9.59 Å². The molecule has 0 spiro atoms. The summed E-state index contributed by atoms with van der Waals surface area (Å²) in [5, 5.41) is 8.83. The van der Waals surface area contributed by atoms with Crippen LogP contribution in [0.25, 0.3) is 0 Å². The van der Waals surface area contributed by atoms with Crippen molar-refractivity contribution < 1.29 is 14.3 Å². The minimum absolute atomic E-state index is 0.0898. The lowest BCUT2D eigenvalue weighted by atomic mass is 10.1. The number of nitrogens with one attached hydrogen (secondary N) is 3. The van der Waals surface area contributed by atoms with Crippen LogP contribution in [0.3, 0.4) is 0 Å². The van der Waals surface area contributed by atoms with Crippen molar-refractivity contribution in [2.45, 2.75) is 46.8 Å². The molecule has 6 nitrogen and oxygen atoms in total. The van der Waals surface area contributed by atoms with Gasteiger partial charge in [-0.15, -0.1) is 0 Å². The van der Waals surface area contributed by atoms with Crippen molar-refractivity contribution in [3.63, 3.8) is 0 Å². The van der Waals surface area contributed by atoms with Crippen molar-refractivity contribution in [2.24, 2.45) is 23.7 Å². The smallest absolute Gasteiger partial charge is 0.309 e. The summed E-state index contributed by atoms with van der Waals surface area (Å²) < 4.78 is 6.10. The number of carbonyl (C=O) groups excluding carboxylic acids is 2. The van der Waals surface area contributed by atoms with E-state index in [0.29, 0.717) is 30.2 Å².